The van der Waals surface area contributed by atoms with Gasteiger partial charge in [0.25, 0.3) is 0 Å². The van der Waals surface area contributed by atoms with Gasteiger partial charge in [-0.1, -0.05) is 32.0 Å². The molecule has 0 fully saturated rings. The van der Waals surface area contributed by atoms with E-state index in [2.05, 4.69) is 29.0 Å². The lowest BCUT2D eigenvalue weighted by Crippen LogP contribution is -2.22. The number of benzene rings is 2. The highest BCUT2D eigenvalue weighted by atomic mass is 19.1. The van der Waals surface area contributed by atoms with Crippen molar-refractivity contribution in [2.45, 2.75) is 33.2 Å². The van der Waals surface area contributed by atoms with Crippen molar-refractivity contribution >= 4 is 11.6 Å². The molecule has 0 bridgehead atoms. The van der Waals surface area contributed by atoms with E-state index in [1.54, 1.807) is 0 Å². The van der Waals surface area contributed by atoms with Gasteiger partial charge >= 0.3 is 0 Å². The summed E-state index contributed by atoms with van der Waals surface area (Å²) in [6, 6.07) is 11.3. The first-order valence-corrected chi connectivity index (χ1v) is 10.00. The van der Waals surface area contributed by atoms with Gasteiger partial charge in [0.1, 0.15) is 11.6 Å². The molecule has 7 heteroatoms. The number of nitrogens with zero attached hydrogens (tertiary/aromatic N) is 2. The number of hydrogen-bond acceptors (Lipinski definition) is 4. The fourth-order valence-electron chi connectivity index (χ4n) is 3.17. The van der Waals surface area contributed by atoms with Gasteiger partial charge in [-0.3, -0.25) is 9.69 Å². The van der Waals surface area contributed by atoms with Gasteiger partial charge in [-0.15, -0.1) is 0 Å². The van der Waals surface area contributed by atoms with Gasteiger partial charge < -0.3 is 9.73 Å². The molecule has 0 unspecified atom stereocenters. The predicted octanol–water partition coefficient (Wildman–Crippen LogP) is 5.03. The number of halogens is 2. The maximum absolute atomic E-state index is 13.9. The zero-order chi connectivity index (χ0) is 21.5. The molecule has 0 radical (unpaired) electrons. The summed E-state index contributed by atoms with van der Waals surface area (Å²) in [5, 5.41) is 2.87. The van der Waals surface area contributed by atoms with E-state index >= 15 is 0 Å². The van der Waals surface area contributed by atoms with Crippen molar-refractivity contribution in [1.82, 2.24) is 9.88 Å². The SMILES string of the molecule is CCN(CC)Cc1cccc(NC(=O)CCc2ncc(-c3c(F)cccc3F)o2)c1. The van der Waals surface area contributed by atoms with Crippen LogP contribution in [0.4, 0.5) is 14.5 Å². The average Bonchev–Trinajstić information content (AvgIpc) is 3.19. The minimum atomic E-state index is -0.722. The van der Waals surface area contributed by atoms with Crippen LogP contribution in [-0.2, 0) is 17.8 Å². The number of nitrogens with one attached hydrogen (secondary N) is 1. The number of hydrogen-bond donors (Lipinski definition) is 1. The minimum absolute atomic E-state index is 0.00473. The smallest absolute Gasteiger partial charge is 0.224 e. The Kier molecular flexibility index (Phi) is 7.30. The Balaban J connectivity index is 1.57. The maximum Gasteiger partial charge on any atom is 0.224 e. The van der Waals surface area contributed by atoms with Crippen molar-refractivity contribution in [2.24, 2.45) is 0 Å². The van der Waals surface area contributed by atoms with Gasteiger partial charge in [-0.2, -0.15) is 0 Å². The maximum atomic E-state index is 13.9. The first-order valence-electron chi connectivity index (χ1n) is 10.00. The van der Waals surface area contributed by atoms with Crippen LogP contribution in [-0.4, -0.2) is 28.9 Å². The lowest BCUT2D eigenvalue weighted by atomic mass is 10.1. The molecule has 0 aliphatic carbocycles. The van der Waals surface area contributed by atoms with Crippen LogP contribution in [0.2, 0.25) is 0 Å². The fraction of sp³-hybridized carbons (Fsp3) is 0.304. The number of aryl methyl sites for hydroxylation is 1. The van der Waals surface area contributed by atoms with Crippen LogP contribution in [0.3, 0.4) is 0 Å². The molecule has 0 saturated heterocycles. The quantitative estimate of drug-likeness (QED) is 0.534. The number of oxazole rings is 1. The van der Waals surface area contributed by atoms with Gasteiger partial charge in [0.15, 0.2) is 11.7 Å². The minimum Gasteiger partial charge on any atom is -0.441 e. The number of rotatable bonds is 9. The second kappa shape index (κ2) is 10.1. The Bertz CT molecular complexity index is 979. The molecule has 1 aromatic heterocycles. The Morgan fingerprint density at radius 3 is 2.50 bits per heavy atom. The molecule has 2 aromatic carbocycles. The summed E-state index contributed by atoms with van der Waals surface area (Å²) in [7, 11) is 0. The van der Waals surface area contributed by atoms with E-state index in [1.807, 2.05) is 24.3 Å². The van der Waals surface area contributed by atoms with Gasteiger partial charge in [-0.25, -0.2) is 13.8 Å². The lowest BCUT2D eigenvalue weighted by molar-refractivity contribution is -0.116. The molecular weight excluding hydrogens is 388 g/mol. The zero-order valence-electron chi connectivity index (χ0n) is 17.1. The third-order valence-corrected chi connectivity index (χ3v) is 4.84. The molecule has 158 valence electrons. The van der Waals surface area contributed by atoms with Gasteiger partial charge in [0.2, 0.25) is 5.91 Å². The van der Waals surface area contributed by atoms with Crippen LogP contribution in [0.25, 0.3) is 11.3 Å². The molecule has 0 atom stereocenters. The fourth-order valence-corrected chi connectivity index (χ4v) is 3.17. The summed E-state index contributed by atoms with van der Waals surface area (Å²) in [5.41, 5.74) is 1.60. The number of amides is 1. The second-order valence-electron chi connectivity index (χ2n) is 6.92. The topological polar surface area (TPSA) is 58.4 Å². The summed E-state index contributed by atoms with van der Waals surface area (Å²) < 4.78 is 33.2. The Labute approximate surface area is 174 Å². The van der Waals surface area contributed by atoms with Crippen molar-refractivity contribution in [1.29, 1.82) is 0 Å². The van der Waals surface area contributed by atoms with Crippen LogP contribution in [0.5, 0.6) is 0 Å². The van der Waals surface area contributed by atoms with E-state index in [0.29, 0.717) is 0 Å². The molecule has 0 aliphatic heterocycles. The Morgan fingerprint density at radius 1 is 1.10 bits per heavy atom. The normalized spacial score (nSPS) is 11.1. The predicted molar refractivity (Wildman–Crippen MR) is 112 cm³/mol. The van der Waals surface area contributed by atoms with Crippen molar-refractivity contribution in [2.75, 3.05) is 18.4 Å². The van der Waals surface area contributed by atoms with E-state index in [0.717, 1.165) is 43.0 Å². The molecular formula is C23H25F2N3O2. The molecule has 0 spiro atoms. The van der Waals surface area contributed by atoms with Gasteiger partial charge in [-0.05, 0) is 42.9 Å². The van der Waals surface area contributed by atoms with Gasteiger partial charge in [0.05, 0.1) is 11.8 Å². The highest BCUT2D eigenvalue weighted by Gasteiger charge is 2.16. The standard InChI is InChI=1S/C23H25F2N3O2/c1-3-28(4-2)15-16-7-5-8-17(13-16)27-21(29)11-12-22-26-14-20(30-22)23-18(24)9-6-10-19(23)25/h5-10,13-14H,3-4,11-12,15H2,1-2H3,(H,27,29). The number of carbonyl (C=O) groups excluding carboxylic acids is 1. The Hall–Kier alpha value is -3.06. The van der Waals surface area contributed by atoms with E-state index < -0.39 is 11.6 Å². The van der Waals surface area contributed by atoms with Crippen molar-refractivity contribution in [3.8, 4) is 11.3 Å². The summed E-state index contributed by atoms with van der Waals surface area (Å²) in [6.07, 6.45) is 1.63. The molecule has 3 rings (SSSR count). The van der Waals surface area contributed by atoms with Crippen molar-refractivity contribution in [3.63, 3.8) is 0 Å². The number of anilines is 1. The molecule has 1 amide bonds. The lowest BCUT2D eigenvalue weighted by Gasteiger charge is -2.18. The van der Waals surface area contributed by atoms with Crippen molar-refractivity contribution in [3.05, 3.63) is 71.8 Å². The van der Waals surface area contributed by atoms with Crippen LogP contribution < -0.4 is 5.32 Å². The molecule has 3 aromatic rings. The van der Waals surface area contributed by atoms with E-state index in [1.165, 1.54) is 12.3 Å². The van der Waals surface area contributed by atoms with Crippen LogP contribution in [0.15, 0.2) is 53.1 Å². The zero-order valence-corrected chi connectivity index (χ0v) is 17.1. The number of carbonyl (C=O) groups is 1. The number of aromatic nitrogens is 1. The van der Waals surface area contributed by atoms with Gasteiger partial charge in [0, 0.05) is 25.1 Å². The first kappa shape index (κ1) is 21.6. The molecule has 0 saturated carbocycles. The summed E-state index contributed by atoms with van der Waals surface area (Å²) in [6.45, 7) is 6.97. The highest BCUT2D eigenvalue weighted by molar-refractivity contribution is 5.90. The van der Waals surface area contributed by atoms with E-state index in [4.69, 9.17) is 4.42 Å². The van der Waals surface area contributed by atoms with E-state index in [-0.39, 0.29) is 36.0 Å². The van der Waals surface area contributed by atoms with E-state index in [9.17, 15) is 13.6 Å². The van der Waals surface area contributed by atoms with Crippen LogP contribution in [0, 0.1) is 11.6 Å². The monoisotopic (exact) mass is 413 g/mol. The van der Waals surface area contributed by atoms with Crippen LogP contribution in [0.1, 0.15) is 31.7 Å². The molecule has 0 aliphatic rings. The second-order valence-corrected chi connectivity index (χ2v) is 6.92. The average molecular weight is 413 g/mol. The Morgan fingerprint density at radius 2 is 1.80 bits per heavy atom. The third kappa shape index (κ3) is 5.51. The highest BCUT2D eigenvalue weighted by Crippen LogP contribution is 2.26. The van der Waals surface area contributed by atoms with Crippen LogP contribution >= 0.6 is 0 Å². The molecule has 30 heavy (non-hydrogen) atoms. The first-order chi connectivity index (χ1) is 14.5. The summed E-state index contributed by atoms with van der Waals surface area (Å²) in [5.74, 6) is -1.38. The molecule has 1 N–H and O–H groups in total. The van der Waals surface area contributed by atoms with Crippen molar-refractivity contribution < 1.29 is 18.0 Å². The largest absolute Gasteiger partial charge is 0.441 e. The molecule has 1 heterocycles. The summed E-state index contributed by atoms with van der Waals surface area (Å²) >= 11 is 0. The third-order valence-electron chi connectivity index (χ3n) is 4.84. The summed E-state index contributed by atoms with van der Waals surface area (Å²) in [4.78, 5) is 18.6. The molecule has 5 nitrogen and oxygen atoms in total.